The summed E-state index contributed by atoms with van der Waals surface area (Å²) in [5, 5.41) is 0.438. The van der Waals surface area contributed by atoms with Gasteiger partial charge in [-0.3, -0.25) is 0 Å². The van der Waals surface area contributed by atoms with E-state index in [0.717, 1.165) is 0 Å². The Balaban J connectivity index is 2.37. The standard InChI is InChI=1S/C13H16ClNO4S2/c1-2-8-15(12-7-9-20(16,17)10-12)21(18,19)13-5-3-11(14)4-6-13/h2-6,12H,1,7-10H2/t12-/m1/s1. The fourth-order valence-corrected chi connectivity index (χ4v) is 5.89. The van der Waals surface area contributed by atoms with Gasteiger partial charge >= 0.3 is 0 Å². The molecule has 1 aromatic carbocycles. The quantitative estimate of drug-likeness (QED) is 0.758. The summed E-state index contributed by atoms with van der Waals surface area (Å²) in [7, 11) is -6.94. The van der Waals surface area contributed by atoms with Crippen molar-refractivity contribution in [3.8, 4) is 0 Å². The lowest BCUT2D eigenvalue weighted by atomic mass is 10.2. The van der Waals surface area contributed by atoms with Crippen molar-refractivity contribution < 1.29 is 16.8 Å². The molecule has 1 aliphatic rings. The topological polar surface area (TPSA) is 71.5 Å². The summed E-state index contributed by atoms with van der Waals surface area (Å²) in [5.41, 5.74) is 0. The first-order chi connectivity index (χ1) is 9.76. The highest BCUT2D eigenvalue weighted by Crippen LogP contribution is 2.25. The number of rotatable bonds is 5. The summed E-state index contributed by atoms with van der Waals surface area (Å²) in [6.45, 7) is 3.63. The number of sulfone groups is 1. The molecule has 0 spiro atoms. The molecule has 0 aromatic heterocycles. The van der Waals surface area contributed by atoms with Gasteiger partial charge in [0.1, 0.15) is 0 Å². The van der Waals surface area contributed by atoms with Gasteiger partial charge in [-0.25, -0.2) is 16.8 Å². The van der Waals surface area contributed by atoms with Crippen molar-refractivity contribution >= 4 is 31.5 Å². The van der Waals surface area contributed by atoms with Crippen molar-refractivity contribution in [1.29, 1.82) is 0 Å². The largest absolute Gasteiger partial charge is 0.243 e. The molecule has 1 heterocycles. The third-order valence-electron chi connectivity index (χ3n) is 3.34. The van der Waals surface area contributed by atoms with Gasteiger partial charge in [0.2, 0.25) is 10.0 Å². The van der Waals surface area contributed by atoms with E-state index < -0.39 is 25.9 Å². The minimum absolute atomic E-state index is 0.0153. The predicted molar refractivity (Wildman–Crippen MR) is 82.6 cm³/mol. The van der Waals surface area contributed by atoms with E-state index in [1.54, 1.807) is 0 Å². The number of benzene rings is 1. The Bertz CT molecular complexity index is 726. The second-order valence-electron chi connectivity index (χ2n) is 4.87. The maximum atomic E-state index is 12.7. The van der Waals surface area contributed by atoms with Gasteiger partial charge in [0.05, 0.1) is 16.4 Å². The maximum Gasteiger partial charge on any atom is 0.243 e. The van der Waals surface area contributed by atoms with Crippen molar-refractivity contribution in [2.75, 3.05) is 18.1 Å². The Kier molecular flexibility index (Phi) is 4.77. The molecule has 0 radical (unpaired) electrons. The van der Waals surface area contributed by atoms with Gasteiger partial charge in [0.25, 0.3) is 0 Å². The highest BCUT2D eigenvalue weighted by Gasteiger charge is 2.38. The first-order valence-electron chi connectivity index (χ1n) is 6.35. The molecule has 1 aromatic rings. The number of halogens is 1. The summed E-state index contributed by atoms with van der Waals surface area (Å²) in [5.74, 6) is -0.130. The second kappa shape index (κ2) is 6.08. The van der Waals surface area contributed by atoms with Crippen molar-refractivity contribution in [2.45, 2.75) is 17.4 Å². The van der Waals surface area contributed by atoms with E-state index in [4.69, 9.17) is 11.6 Å². The van der Waals surface area contributed by atoms with Crippen LogP contribution in [-0.4, -0.2) is 45.2 Å². The van der Waals surface area contributed by atoms with Crippen LogP contribution in [0.4, 0.5) is 0 Å². The second-order valence-corrected chi connectivity index (χ2v) is 9.43. The van der Waals surface area contributed by atoms with E-state index in [-0.39, 0.29) is 22.9 Å². The van der Waals surface area contributed by atoms with E-state index in [9.17, 15) is 16.8 Å². The van der Waals surface area contributed by atoms with Crippen LogP contribution in [0.3, 0.4) is 0 Å². The molecule has 0 saturated carbocycles. The Hall–Kier alpha value is -0.890. The van der Waals surface area contributed by atoms with Gasteiger partial charge in [-0.15, -0.1) is 6.58 Å². The zero-order valence-electron chi connectivity index (χ0n) is 11.3. The summed E-state index contributed by atoms with van der Waals surface area (Å²) < 4.78 is 49.7. The Morgan fingerprint density at radius 2 is 1.95 bits per heavy atom. The molecule has 0 bridgehead atoms. The van der Waals surface area contributed by atoms with Crippen molar-refractivity contribution in [3.63, 3.8) is 0 Å². The number of sulfonamides is 1. The van der Waals surface area contributed by atoms with Crippen LogP contribution in [0.5, 0.6) is 0 Å². The van der Waals surface area contributed by atoms with Crippen molar-refractivity contribution in [2.24, 2.45) is 0 Å². The SMILES string of the molecule is C=CCN([C@@H]1CCS(=O)(=O)C1)S(=O)(=O)c1ccc(Cl)cc1. The molecule has 2 rings (SSSR count). The summed E-state index contributed by atoms with van der Waals surface area (Å²) in [6.07, 6.45) is 1.77. The Morgan fingerprint density at radius 1 is 1.33 bits per heavy atom. The maximum absolute atomic E-state index is 12.7. The van der Waals surface area contributed by atoms with Crippen LogP contribution in [0.1, 0.15) is 6.42 Å². The van der Waals surface area contributed by atoms with Crippen LogP contribution in [0.25, 0.3) is 0 Å². The molecule has 0 unspecified atom stereocenters. The van der Waals surface area contributed by atoms with Crippen molar-refractivity contribution in [3.05, 3.63) is 41.9 Å². The molecule has 0 aliphatic carbocycles. The molecule has 1 aliphatic heterocycles. The molecule has 1 saturated heterocycles. The van der Waals surface area contributed by atoms with E-state index in [2.05, 4.69) is 6.58 Å². The van der Waals surface area contributed by atoms with Crippen LogP contribution in [-0.2, 0) is 19.9 Å². The lowest BCUT2D eigenvalue weighted by Gasteiger charge is -2.26. The fraction of sp³-hybridized carbons (Fsp3) is 0.385. The number of nitrogens with zero attached hydrogens (tertiary/aromatic N) is 1. The third kappa shape index (κ3) is 3.66. The van der Waals surface area contributed by atoms with Gasteiger partial charge in [0.15, 0.2) is 9.84 Å². The normalized spacial score (nSPS) is 21.5. The summed E-state index contributed by atoms with van der Waals surface area (Å²) in [6, 6.07) is 5.26. The minimum atomic E-state index is -3.77. The molecule has 0 N–H and O–H groups in total. The van der Waals surface area contributed by atoms with Gasteiger partial charge in [-0.05, 0) is 30.7 Å². The predicted octanol–water partition coefficient (Wildman–Crippen LogP) is 1.70. The third-order valence-corrected chi connectivity index (χ3v) is 7.28. The lowest BCUT2D eigenvalue weighted by molar-refractivity contribution is 0.367. The van der Waals surface area contributed by atoms with Crippen LogP contribution >= 0.6 is 11.6 Å². The van der Waals surface area contributed by atoms with E-state index in [1.165, 1.54) is 34.6 Å². The first-order valence-corrected chi connectivity index (χ1v) is 9.99. The summed E-state index contributed by atoms with van der Waals surface area (Å²) in [4.78, 5) is 0.0954. The molecule has 8 heteroatoms. The van der Waals surface area contributed by atoms with Gasteiger partial charge < -0.3 is 0 Å². The average Bonchev–Trinajstić information content (AvgIpc) is 2.76. The number of hydrogen-bond donors (Lipinski definition) is 0. The Morgan fingerprint density at radius 3 is 2.43 bits per heavy atom. The number of hydrogen-bond acceptors (Lipinski definition) is 4. The van der Waals surface area contributed by atoms with Gasteiger partial charge in [-0.1, -0.05) is 17.7 Å². The highest BCUT2D eigenvalue weighted by atomic mass is 35.5. The molecule has 0 amide bonds. The van der Waals surface area contributed by atoms with Gasteiger partial charge in [0, 0.05) is 17.6 Å². The molecule has 21 heavy (non-hydrogen) atoms. The minimum Gasteiger partial charge on any atom is -0.229 e. The molecule has 116 valence electrons. The van der Waals surface area contributed by atoms with Crippen molar-refractivity contribution in [1.82, 2.24) is 4.31 Å². The molecule has 1 fully saturated rings. The van der Waals surface area contributed by atoms with Crippen LogP contribution in [0, 0.1) is 0 Å². The monoisotopic (exact) mass is 349 g/mol. The van der Waals surface area contributed by atoms with Crippen LogP contribution < -0.4 is 0 Å². The zero-order valence-corrected chi connectivity index (χ0v) is 13.7. The van der Waals surface area contributed by atoms with Crippen LogP contribution in [0.2, 0.25) is 5.02 Å². The average molecular weight is 350 g/mol. The van der Waals surface area contributed by atoms with E-state index in [0.29, 0.717) is 11.4 Å². The molecular weight excluding hydrogens is 334 g/mol. The van der Waals surface area contributed by atoms with Gasteiger partial charge in [-0.2, -0.15) is 4.31 Å². The highest BCUT2D eigenvalue weighted by molar-refractivity contribution is 7.92. The molecular formula is C13H16ClNO4S2. The molecule has 5 nitrogen and oxygen atoms in total. The Labute approximate surface area is 130 Å². The van der Waals surface area contributed by atoms with E-state index >= 15 is 0 Å². The van der Waals surface area contributed by atoms with Crippen LogP contribution in [0.15, 0.2) is 41.8 Å². The molecule has 1 atom stereocenters. The first kappa shape index (κ1) is 16.5. The summed E-state index contributed by atoms with van der Waals surface area (Å²) >= 11 is 5.76. The van der Waals surface area contributed by atoms with E-state index in [1.807, 2.05) is 0 Å². The lowest BCUT2D eigenvalue weighted by Crippen LogP contribution is -2.41. The zero-order chi connectivity index (χ0) is 15.7. The fourth-order valence-electron chi connectivity index (χ4n) is 2.32. The smallest absolute Gasteiger partial charge is 0.229 e.